The summed E-state index contributed by atoms with van der Waals surface area (Å²) in [6.07, 6.45) is 1.87. The van der Waals surface area contributed by atoms with Crippen molar-refractivity contribution in [1.29, 1.82) is 0 Å². The van der Waals surface area contributed by atoms with E-state index in [1.165, 1.54) is 0 Å². The van der Waals surface area contributed by atoms with Crippen molar-refractivity contribution in [3.05, 3.63) is 11.9 Å². The van der Waals surface area contributed by atoms with Crippen LogP contribution in [0.2, 0.25) is 0 Å². The number of aromatic nitrogens is 2. The topological polar surface area (TPSA) is 76.3 Å². The Morgan fingerprint density at radius 3 is 2.84 bits per heavy atom. The summed E-state index contributed by atoms with van der Waals surface area (Å²) in [7, 11) is 3.78. The van der Waals surface area contributed by atoms with Crippen molar-refractivity contribution in [2.24, 2.45) is 0 Å². The second-order valence-electron chi connectivity index (χ2n) is 4.57. The van der Waals surface area contributed by atoms with E-state index in [9.17, 15) is 0 Å². The molecular weight excluding hydrogens is 242 g/mol. The number of hydrogen-bond donors (Lipinski definition) is 2. The molecule has 1 aromatic heterocycles. The van der Waals surface area contributed by atoms with Crippen molar-refractivity contribution in [3.63, 3.8) is 0 Å². The van der Waals surface area contributed by atoms with E-state index in [-0.39, 0.29) is 0 Å². The molecule has 108 valence electrons. The number of hydrogen-bond acceptors (Lipinski definition) is 6. The summed E-state index contributed by atoms with van der Waals surface area (Å²) in [5.41, 5.74) is 5.77. The lowest BCUT2D eigenvalue weighted by Crippen LogP contribution is -2.28. The maximum atomic E-state index is 5.77. The monoisotopic (exact) mass is 267 g/mol. The Labute approximate surface area is 115 Å². The third kappa shape index (κ3) is 6.35. The second kappa shape index (κ2) is 8.66. The molecule has 0 radical (unpaired) electrons. The van der Waals surface area contributed by atoms with Crippen LogP contribution in [0.4, 0.5) is 11.6 Å². The minimum absolute atomic E-state index is 0.522. The van der Waals surface area contributed by atoms with Gasteiger partial charge >= 0.3 is 0 Å². The average molecular weight is 267 g/mol. The van der Waals surface area contributed by atoms with Gasteiger partial charge in [-0.25, -0.2) is 9.97 Å². The van der Waals surface area contributed by atoms with E-state index >= 15 is 0 Å². The largest absolute Gasteiger partial charge is 0.384 e. The van der Waals surface area contributed by atoms with Crippen LogP contribution in [-0.4, -0.2) is 55.3 Å². The highest BCUT2D eigenvalue weighted by Gasteiger charge is 2.02. The summed E-state index contributed by atoms with van der Waals surface area (Å²) in [4.78, 5) is 10.8. The molecule has 0 spiro atoms. The molecule has 0 amide bonds. The zero-order valence-corrected chi connectivity index (χ0v) is 12.1. The molecule has 1 aromatic rings. The minimum Gasteiger partial charge on any atom is -0.384 e. The van der Waals surface area contributed by atoms with Crippen LogP contribution < -0.4 is 11.1 Å². The van der Waals surface area contributed by atoms with Gasteiger partial charge in [-0.3, -0.25) is 0 Å². The van der Waals surface area contributed by atoms with Gasteiger partial charge in [0.1, 0.15) is 17.5 Å². The Hall–Kier alpha value is -1.40. The van der Waals surface area contributed by atoms with Gasteiger partial charge in [-0.1, -0.05) is 6.92 Å². The van der Waals surface area contributed by atoms with Crippen LogP contribution in [0, 0.1) is 0 Å². The molecule has 0 aliphatic heterocycles. The number of nitrogens with zero attached hydrogens (tertiary/aromatic N) is 3. The third-order valence-electron chi connectivity index (χ3n) is 2.74. The fourth-order valence-electron chi connectivity index (χ4n) is 1.68. The molecule has 0 bridgehead atoms. The molecule has 3 N–H and O–H groups in total. The van der Waals surface area contributed by atoms with Crippen LogP contribution in [0.1, 0.15) is 19.2 Å². The van der Waals surface area contributed by atoms with Crippen LogP contribution in [0.15, 0.2) is 6.07 Å². The van der Waals surface area contributed by atoms with E-state index in [4.69, 9.17) is 10.5 Å². The van der Waals surface area contributed by atoms with E-state index in [1.807, 2.05) is 0 Å². The van der Waals surface area contributed by atoms with E-state index < -0.39 is 0 Å². The van der Waals surface area contributed by atoms with Gasteiger partial charge in [0, 0.05) is 39.2 Å². The van der Waals surface area contributed by atoms with Crippen molar-refractivity contribution in [1.82, 2.24) is 14.9 Å². The molecular formula is C13H25N5O. The summed E-state index contributed by atoms with van der Waals surface area (Å²) in [6.45, 7) is 5.52. The third-order valence-corrected chi connectivity index (χ3v) is 2.74. The van der Waals surface area contributed by atoms with E-state index in [2.05, 4.69) is 34.2 Å². The number of nitrogens with two attached hydrogens (primary N) is 1. The van der Waals surface area contributed by atoms with Gasteiger partial charge in [0.25, 0.3) is 0 Å². The fraction of sp³-hybridized carbons (Fsp3) is 0.692. The fourth-order valence-corrected chi connectivity index (χ4v) is 1.68. The highest BCUT2D eigenvalue weighted by Crippen LogP contribution is 2.09. The first kappa shape index (κ1) is 15.7. The predicted octanol–water partition coefficient (Wildman–Crippen LogP) is 1.00. The summed E-state index contributed by atoms with van der Waals surface area (Å²) in [5.74, 6) is 2.13. The molecule has 0 aliphatic carbocycles. The molecule has 0 atom stereocenters. The van der Waals surface area contributed by atoms with Crippen molar-refractivity contribution >= 4 is 11.6 Å². The Bertz CT molecular complexity index is 372. The molecule has 0 aliphatic rings. The van der Waals surface area contributed by atoms with Crippen LogP contribution in [0.3, 0.4) is 0 Å². The van der Waals surface area contributed by atoms with Crippen LogP contribution in [0.5, 0.6) is 0 Å². The Morgan fingerprint density at radius 2 is 2.16 bits per heavy atom. The standard InChI is InChI=1S/C13H25N5O/c1-4-5-12-16-11(14)10-13(17-12)15-6-7-18(2)8-9-19-3/h10H,4-9H2,1-3H3,(H3,14,15,16,17). The lowest BCUT2D eigenvalue weighted by molar-refractivity contribution is 0.163. The summed E-state index contributed by atoms with van der Waals surface area (Å²) in [5, 5.41) is 3.28. The van der Waals surface area contributed by atoms with Gasteiger partial charge in [-0.2, -0.15) is 0 Å². The normalized spacial score (nSPS) is 10.9. The van der Waals surface area contributed by atoms with Crippen LogP contribution in [-0.2, 0) is 11.2 Å². The van der Waals surface area contributed by atoms with Gasteiger partial charge < -0.3 is 20.7 Å². The van der Waals surface area contributed by atoms with Gasteiger partial charge in [0.2, 0.25) is 0 Å². The first-order chi connectivity index (χ1) is 9.15. The zero-order valence-electron chi connectivity index (χ0n) is 12.1. The smallest absolute Gasteiger partial charge is 0.133 e. The number of nitrogen functional groups attached to an aromatic ring is 1. The second-order valence-corrected chi connectivity index (χ2v) is 4.57. The first-order valence-corrected chi connectivity index (χ1v) is 6.70. The van der Waals surface area contributed by atoms with E-state index in [1.54, 1.807) is 13.2 Å². The molecule has 0 fully saturated rings. The number of ether oxygens (including phenoxy) is 1. The zero-order chi connectivity index (χ0) is 14.1. The first-order valence-electron chi connectivity index (χ1n) is 6.70. The number of aryl methyl sites for hydroxylation is 1. The van der Waals surface area contributed by atoms with Crippen molar-refractivity contribution < 1.29 is 4.74 Å². The van der Waals surface area contributed by atoms with Gasteiger partial charge in [0.05, 0.1) is 6.61 Å². The Morgan fingerprint density at radius 1 is 1.37 bits per heavy atom. The lowest BCUT2D eigenvalue weighted by Gasteiger charge is -2.16. The van der Waals surface area contributed by atoms with Crippen molar-refractivity contribution in [3.8, 4) is 0 Å². The van der Waals surface area contributed by atoms with Crippen molar-refractivity contribution in [2.75, 3.05) is 51.4 Å². The SMILES string of the molecule is CCCc1nc(N)cc(NCCN(C)CCOC)n1. The Balaban J connectivity index is 2.40. The molecule has 1 rings (SSSR count). The molecule has 0 saturated carbocycles. The van der Waals surface area contributed by atoms with E-state index in [0.717, 1.165) is 50.7 Å². The Kier molecular flexibility index (Phi) is 7.14. The lowest BCUT2D eigenvalue weighted by atomic mass is 10.3. The highest BCUT2D eigenvalue weighted by molar-refractivity contribution is 5.44. The van der Waals surface area contributed by atoms with Crippen molar-refractivity contribution in [2.45, 2.75) is 19.8 Å². The summed E-state index contributed by atoms with van der Waals surface area (Å²) >= 11 is 0. The maximum Gasteiger partial charge on any atom is 0.133 e. The van der Waals surface area contributed by atoms with E-state index in [0.29, 0.717) is 5.82 Å². The summed E-state index contributed by atoms with van der Waals surface area (Å²) < 4.78 is 5.04. The number of likely N-dealkylation sites (N-methyl/N-ethyl adjacent to an activating group) is 1. The van der Waals surface area contributed by atoms with Gasteiger partial charge in [0.15, 0.2) is 0 Å². The molecule has 19 heavy (non-hydrogen) atoms. The molecule has 6 heteroatoms. The number of nitrogens with one attached hydrogen (secondary N) is 1. The summed E-state index contributed by atoms with van der Waals surface area (Å²) in [6, 6.07) is 1.77. The van der Waals surface area contributed by atoms with Crippen LogP contribution >= 0.6 is 0 Å². The number of methoxy groups -OCH3 is 1. The molecule has 6 nitrogen and oxygen atoms in total. The molecule has 1 heterocycles. The quantitative estimate of drug-likeness (QED) is 0.695. The average Bonchev–Trinajstić information content (AvgIpc) is 2.36. The minimum atomic E-state index is 0.522. The van der Waals surface area contributed by atoms with Gasteiger partial charge in [-0.05, 0) is 13.5 Å². The predicted molar refractivity (Wildman–Crippen MR) is 78.3 cm³/mol. The van der Waals surface area contributed by atoms with Gasteiger partial charge in [-0.15, -0.1) is 0 Å². The maximum absolute atomic E-state index is 5.77. The molecule has 0 aromatic carbocycles. The molecule has 0 unspecified atom stereocenters. The number of rotatable bonds is 9. The highest BCUT2D eigenvalue weighted by atomic mass is 16.5. The van der Waals surface area contributed by atoms with Crippen LogP contribution in [0.25, 0.3) is 0 Å². The number of anilines is 2. The molecule has 0 saturated heterocycles.